The number of carbonyl (C=O) groups is 1. The summed E-state index contributed by atoms with van der Waals surface area (Å²) >= 11 is 0. The van der Waals surface area contributed by atoms with Gasteiger partial charge in [0.1, 0.15) is 0 Å². The third-order valence-electron chi connectivity index (χ3n) is 5.27. The highest BCUT2D eigenvalue weighted by molar-refractivity contribution is 5.76. The smallest absolute Gasteiger partial charge is 0.311 e. The van der Waals surface area contributed by atoms with Crippen LogP contribution in [0.4, 0.5) is 0 Å². The van der Waals surface area contributed by atoms with Gasteiger partial charge in [-0.05, 0) is 58.6 Å². The molecule has 4 nitrogen and oxygen atoms in total. The molecule has 0 aliphatic rings. The Morgan fingerprint density at radius 1 is 1.00 bits per heavy atom. The van der Waals surface area contributed by atoms with Crippen LogP contribution >= 0.6 is 0 Å². The number of hydrogen-bond donors (Lipinski definition) is 1. The van der Waals surface area contributed by atoms with E-state index in [0.29, 0.717) is 12.8 Å². The summed E-state index contributed by atoms with van der Waals surface area (Å²) in [4.78, 5) is 12.4. The van der Waals surface area contributed by atoms with Crippen LogP contribution in [0.3, 0.4) is 0 Å². The largest absolute Gasteiger partial charge is 0.463 e. The van der Waals surface area contributed by atoms with Gasteiger partial charge >= 0.3 is 5.97 Å². The van der Waals surface area contributed by atoms with Crippen molar-refractivity contribution in [1.82, 2.24) is 5.32 Å². The van der Waals surface area contributed by atoms with Crippen LogP contribution in [0.5, 0.6) is 0 Å². The molecule has 29 heavy (non-hydrogen) atoms. The normalized spacial score (nSPS) is 13.0. The highest BCUT2D eigenvalue weighted by Gasteiger charge is 2.34. The fraction of sp³-hybridized carbons (Fsp3) is 0.440. The number of benzene rings is 2. The quantitative estimate of drug-likeness (QED) is 0.597. The molecule has 0 fully saturated rings. The van der Waals surface area contributed by atoms with Crippen molar-refractivity contribution in [2.24, 2.45) is 5.41 Å². The molecule has 0 spiro atoms. The molecule has 1 N–H and O–H groups in total. The highest BCUT2D eigenvalue weighted by Crippen LogP contribution is 2.31. The summed E-state index contributed by atoms with van der Waals surface area (Å²) < 4.78 is 5.38. The maximum absolute atomic E-state index is 12.4. The van der Waals surface area contributed by atoms with Crippen molar-refractivity contribution in [2.75, 3.05) is 0 Å². The lowest BCUT2D eigenvalue weighted by molar-refractivity contribution is -0.158. The van der Waals surface area contributed by atoms with E-state index in [-0.39, 0.29) is 12.1 Å². The first-order chi connectivity index (χ1) is 13.7. The van der Waals surface area contributed by atoms with Crippen LogP contribution in [0.2, 0.25) is 0 Å². The Labute approximate surface area is 174 Å². The monoisotopic (exact) mass is 392 g/mol. The molecule has 0 aliphatic carbocycles. The lowest BCUT2D eigenvalue weighted by Gasteiger charge is -2.35. The lowest BCUT2D eigenvalue weighted by Crippen LogP contribution is -2.46. The van der Waals surface area contributed by atoms with Crippen molar-refractivity contribution in [2.45, 2.75) is 65.1 Å². The second kappa shape index (κ2) is 9.71. The van der Waals surface area contributed by atoms with Crippen LogP contribution in [0, 0.1) is 16.7 Å². The minimum absolute atomic E-state index is 0.147. The first-order valence-electron chi connectivity index (χ1n) is 10.2. The molecule has 0 heterocycles. The predicted molar refractivity (Wildman–Crippen MR) is 116 cm³/mol. The van der Waals surface area contributed by atoms with E-state index in [0.717, 1.165) is 11.1 Å². The summed E-state index contributed by atoms with van der Waals surface area (Å²) in [6.45, 7) is 9.54. The van der Waals surface area contributed by atoms with Gasteiger partial charge in [-0.25, -0.2) is 0 Å². The second-order valence-corrected chi connectivity index (χ2v) is 8.56. The average molecular weight is 393 g/mol. The summed E-state index contributed by atoms with van der Waals surface area (Å²) in [6.07, 6.45) is 0.959. The number of ether oxygens (including phenoxy) is 1. The Kier molecular flexibility index (Phi) is 7.59. The van der Waals surface area contributed by atoms with Gasteiger partial charge in [-0.15, -0.1) is 0 Å². The van der Waals surface area contributed by atoms with Gasteiger partial charge < -0.3 is 4.74 Å². The molecule has 0 saturated heterocycles. The van der Waals surface area contributed by atoms with E-state index in [1.807, 2.05) is 64.1 Å². The molecule has 154 valence electrons. The summed E-state index contributed by atoms with van der Waals surface area (Å²) in [7, 11) is 0. The van der Waals surface area contributed by atoms with E-state index in [4.69, 9.17) is 4.74 Å². The minimum atomic E-state index is -0.642. The minimum Gasteiger partial charge on any atom is -0.463 e. The molecule has 0 radical (unpaired) electrons. The molecule has 0 aliphatic heterocycles. The number of nitriles is 1. The van der Waals surface area contributed by atoms with Crippen LogP contribution in [-0.2, 0) is 15.1 Å². The molecule has 0 bridgehead atoms. The number of esters is 1. The van der Waals surface area contributed by atoms with Crippen LogP contribution in [0.1, 0.15) is 58.6 Å². The average Bonchev–Trinajstić information content (AvgIpc) is 2.71. The molecule has 4 heteroatoms. The van der Waals surface area contributed by atoms with Crippen LogP contribution < -0.4 is 5.32 Å². The molecule has 2 rings (SSSR count). The topological polar surface area (TPSA) is 62.1 Å². The Hall–Kier alpha value is -2.64. The van der Waals surface area contributed by atoms with Crippen molar-refractivity contribution >= 4 is 5.97 Å². The number of nitrogens with one attached hydrogen (secondary N) is 1. The molecule has 2 aromatic rings. The van der Waals surface area contributed by atoms with E-state index in [9.17, 15) is 10.1 Å². The van der Waals surface area contributed by atoms with Gasteiger partial charge in [0.2, 0.25) is 0 Å². The van der Waals surface area contributed by atoms with Gasteiger partial charge in [0, 0.05) is 0 Å². The van der Waals surface area contributed by atoms with Crippen molar-refractivity contribution in [1.29, 1.82) is 5.26 Å². The van der Waals surface area contributed by atoms with Gasteiger partial charge in [0.25, 0.3) is 0 Å². The van der Waals surface area contributed by atoms with E-state index in [1.165, 1.54) is 0 Å². The molecular weight excluding hydrogens is 360 g/mol. The first kappa shape index (κ1) is 22.6. The molecule has 0 amide bonds. The Bertz CT molecular complexity index is 783. The fourth-order valence-corrected chi connectivity index (χ4v) is 3.37. The SMILES string of the molecule is CC(C)OC(=O)C(C)(C)CCC(C#N)NC(C)(c1ccccc1)c1ccccc1. The van der Waals surface area contributed by atoms with E-state index in [2.05, 4.69) is 42.6 Å². The Balaban J connectivity index is 2.21. The molecule has 1 atom stereocenters. The fourth-order valence-electron chi connectivity index (χ4n) is 3.37. The molecule has 1 unspecified atom stereocenters. The molecule has 2 aromatic carbocycles. The summed E-state index contributed by atoms with van der Waals surface area (Å²) in [5.41, 5.74) is 1.01. The van der Waals surface area contributed by atoms with Crippen LogP contribution in [0.25, 0.3) is 0 Å². The van der Waals surface area contributed by atoms with Crippen molar-refractivity contribution < 1.29 is 9.53 Å². The summed E-state index contributed by atoms with van der Waals surface area (Å²) in [5, 5.41) is 13.4. The van der Waals surface area contributed by atoms with Gasteiger partial charge in [0.15, 0.2) is 0 Å². The highest BCUT2D eigenvalue weighted by atomic mass is 16.5. The van der Waals surface area contributed by atoms with Gasteiger partial charge in [-0.2, -0.15) is 5.26 Å². The molecular formula is C25H32N2O2. The third-order valence-corrected chi connectivity index (χ3v) is 5.27. The first-order valence-corrected chi connectivity index (χ1v) is 10.2. The van der Waals surface area contributed by atoms with E-state index < -0.39 is 17.0 Å². The number of hydrogen-bond acceptors (Lipinski definition) is 4. The van der Waals surface area contributed by atoms with Crippen molar-refractivity contribution in [3.63, 3.8) is 0 Å². The van der Waals surface area contributed by atoms with Gasteiger partial charge in [-0.3, -0.25) is 10.1 Å². The zero-order chi connectivity index (χ0) is 21.5. The lowest BCUT2D eigenvalue weighted by atomic mass is 9.82. The van der Waals surface area contributed by atoms with Crippen molar-refractivity contribution in [3.05, 3.63) is 71.8 Å². The predicted octanol–water partition coefficient (Wildman–Crippen LogP) is 5.19. The Morgan fingerprint density at radius 3 is 1.90 bits per heavy atom. The number of nitrogens with zero attached hydrogens (tertiary/aromatic N) is 1. The zero-order valence-electron chi connectivity index (χ0n) is 18.1. The zero-order valence-corrected chi connectivity index (χ0v) is 18.1. The molecule has 0 aromatic heterocycles. The van der Waals surface area contributed by atoms with E-state index >= 15 is 0 Å². The standard InChI is InChI=1S/C25H32N2O2/c1-19(2)29-23(28)24(3,4)17-16-22(18-26)27-25(5,20-12-8-6-9-13-20)21-14-10-7-11-15-21/h6-15,19,22,27H,16-17H2,1-5H3. The van der Waals surface area contributed by atoms with Crippen LogP contribution in [0.15, 0.2) is 60.7 Å². The van der Waals surface area contributed by atoms with E-state index in [1.54, 1.807) is 0 Å². The van der Waals surface area contributed by atoms with Gasteiger partial charge in [0.05, 0.1) is 29.2 Å². The molecule has 0 saturated carbocycles. The second-order valence-electron chi connectivity index (χ2n) is 8.56. The maximum Gasteiger partial charge on any atom is 0.311 e. The van der Waals surface area contributed by atoms with Crippen molar-refractivity contribution in [3.8, 4) is 6.07 Å². The summed E-state index contributed by atoms with van der Waals surface area (Å²) in [6, 6.07) is 22.2. The number of carbonyl (C=O) groups excluding carboxylic acids is 1. The summed E-state index contributed by atoms with van der Waals surface area (Å²) in [5.74, 6) is -0.224. The third kappa shape index (κ3) is 5.92. The van der Waals surface area contributed by atoms with Crippen LogP contribution in [-0.4, -0.2) is 18.1 Å². The Morgan fingerprint density at radius 2 is 1.48 bits per heavy atom. The number of rotatable bonds is 9. The van der Waals surface area contributed by atoms with Gasteiger partial charge in [-0.1, -0.05) is 60.7 Å². The maximum atomic E-state index is 12.4.